The molecule has 1 saturated heterocycles. The smallest absolute Gasteiger partial charge is 0.00227 e. The Labute approximate surface area is 81.2 Å². The number of aryl methyl sites for hydroxylation is 1. The monoisotopic (exact) mass is 177 g/mol. The van der Waals surface area contributed by atoms with E-state index in [1.165, 1.54) is 25.1 Å². The molecule has 72 valence electrons. The van der Waals surface area contributed by atoms with Gasteiger partial charge >= 0.3 is 0 Å². The van der Waals surface area contributed by atoms with Crippen LogP contribution in [-0.4, -0.2) is 13.1 Å². The Morgan fingerprint density at radius 3 is 2.15 bits per heavy atom. The van der Waals surface area contributed by atoms with Gasteiger partial charge in [0.25, 0.3) is 0 Å². The fraction of sp³-hybridized carbons (Fsp3) is 0.500. The summed E-state index contributed by atoms with van der Waals surface area (Å²) < 4.78 is 0. The lowest BCUT2D eigenvalue weighted by Gasteiger charge is -1.90. The number of rotatable bonds is 0. The zero-order valence-electron chi connectivity index (χ0n) is 8.59. The second kappa shape index (κ2) is 5.76. The van der Waals surface area contributed by atoms with Crippen LogP contribution in [-0.2, 0) is 0 Å². The zero-order valence-corrected chi connectivity index (χ0v) is 8.59. The lowest BCUT2D eigenvalue weighted by Crippen LogP contribution is -2.06. The van der Waals surface area contributed by atoms with Crippen molar-refractivity contribution in [2.75, 3.05) is 13.1 Å². The molecule has 2 rings (SSSR count). The second-order valence-corrected chi connectivity index (χ2v) is 3.75. The van der Waals surface area contributed by atoms with Crippen molar-refractivity contribution in [2.24, 2.45) is 5.92 Å². The zero-order chi connectivity index (χ0) is 9.52. The minimum atomic E-state index is 0.935. The first-order chi connectivity index (χ1) is 6.29. The van der Waals surface area contributed by atoms with Crippen molar-refractivity contribution >= 4 is 0 Å². The van der Waals surface area contributed by atoms with Crippen molar-refractivity contribution in [3.8, 4) is 0 Å². The summed E-state index contributed by atoms with van der Waals surface area (Å²) in [6.45, 7) is 6.83. The van der Waals surface area contributed by atoms with Gasteiger partial charge in [-0.15, -0.1) is 0 Å². The molecule has 0 radical (unpaired) electrons. The minimum Gasteiger partial charge on any atom is -0.316 e. The van der Waals surface area contributed by atoms with Gasteiger partial charge < -0.3 is 5.32 Å². The van der Waals surface area contributed by atoms with Crippen molar-refractivity contribution in [3.05, 3.63) is 35.9 Å². The predicted molar refractivity (Wildman–Crippen MR) is 57.8 cm³/mol. The lowest BCUT2D eigenvalue weighted by atomic mass is 10.2. The molecular formula is C12H19N. The fourth-order valence-electron chi connectivity index (χ4n) is 1.33. The van der Waals surface area contributed by atoms with Gasteiger partial charge in [0, 0.05) is 0 Å². The molecule has 0 amide bonds. The standard InChI is InChI=1S/C7H8.C5H11N/c1-7-5-3-2-4-6-7;1-5-2-3-6-4-5/h2-6H,1H3;5-6H,2-4H2,1H3. The molecule has 1 unspecified atom stereocenters. The maximum Gasteiger partial charge on any atom is -0.00227 e. The maximum absolute atomic E-state index is 3.27. The van der Waals surface area contributed by atoms with E-state index in [0.29, 0.717) is 0 Å². The molecule has 1 aliphatic rings. The van der Waals surface area contributed by atoms with Gasteiger partial charge in [0.05, 0.1) is 0 Å². The third-order valence-corrected chi connectivity index (χ3v) is 2.25. The van der Waals surface area contributed by atoms with Gasteiger partial charge in [0.15, 0.2) is 0 Å². The number of hydrogen-bond acceptors (Lipinski definition) is 1. The van der Waals surface area contributed by atoms with Gasteiger partial charge in [-0.05, 0) is 32.4 Å². The molecule has 1 fully saturated rings. The van der Waals surface area contributed by atoms with Crippen molar-refractivity contribution in [3.63, 3.8) is 0 Å². The topological polar surface area (TPSA) is 12.0 Å². The predicted octanol–water partition coefficient (Wildman–Crippen LogP) is 2.61. The SMILES string of the molecule is CC1CCNC1.Cc1ccccc1. The molecule has 1 N–H and O–H groups in total. The highest BCUT2D eigenvalue weighted by Gasteiger charge is 2.06. The van der Waals surface area contributed by atoms with Crippen LogP contribution in [0.2, 0.25) is 0 Å². The van der Waals surface area contributed by atoms with Crippen LogP contribution in [0, 0.1) is 12.8 Å². The Balaban J connectivity index is 0.000000132. The summed E-state index contributed by atoms with van der Waals surface area (Å²) >= 11 is 0. The third-order valence-electron chi connectivity index (χ3n) is 2.25. The summed E-state index contributed by atoms with van der Waals surface area (Å²) in [6.07, 6.45) is 1.38. The molecule has 13 heavy (non-hydrogen) atoms. The highest BCUT2D eigenvalue weighted by molar-refractivity contribution is 5.11. The Hall–Kier alpha value is -0.820. The first-order valence-corrected chi connectivity index (χ1v) is 5.01. The Kier molecular flexibility index (Phi) is 4.55. The molecule has 0 spiro atoms. The molecule has 0 aliphatic carbocycles. The minimum absolute atomic E-state index is 0.935. The van der Waals surface area contributed by atoms with Crippen LogP contribution >= 0.6 is 0 Å². The number of nitrogens with one attached hydrogen (secondary N) is 1. The molecule has 1 heterocycles. The van der Waals surface area contributed by atoms with Crippen LogP contribution in [0.3, 0.4) is 0 Å². The normalized spacial score (nSPS) is 20.6. The summed E-state index contributed by atoms with van der Waals surface area (Å²) in [6, 6.07) is 10.3. The summed E-state index contributed by atoms with van der Waals surface area (Å²) in [4.78, 5) is 0. The fourth-order valence-corrected chi connectivity index (χ4v) is 1.33. The molecule has 0 saturated carbocycles. The average Bonchev–Trinajstić information content (AvgIpc) is 2.58. The summed E-state index contributed by atoms with van der Waals surface area (Å²) in [5.74, 6) is 0.935. The van der Waals surface area contributed by atoms with Crippen LogP contribution in [0.1, 0.15) is 18.9 Å². The number of benzene rings is 1. The second-order valence-electron chi connectivity index (χ2n) is 3.75. The van der Waals surface area contributed by atoms with Crippen LogP contribution in [0.5, 0.6) is 0 Å². The Bertz CT molecular complexity index is 212. The van der Waals surface area contributed by atoms with Crippen molar-refractivity contribution in [2.45, 2.75) is 20.3 Å². The van der Waals surface area contributed by atoms with E-state index in [9.17, 15) is 0 Å². The summed E-state index contributed by atoms with van der Waals surface area (Å²) in [7, 11) is 0. The Morgan fingerprint density at radius 2 is 1.92 bits per heavy atom. The van der Waals surface area contributed by atoms with Crippen LogP contribution in [0.4, 0.5) is 0 Å². The van der Waals surface area contributed by atoms with E-state index < -0.39 is 0 Å². The van der Waals surface area contributed by atoms with Gasteiger partial charge in [0.1, 0.15) is 0 Å². The van der Waals surface area contributed by atoms with Crippen LogP contribution < -0.4 is 5.32 Å². The van der Waals surface area contributed by atoms with E-state index in [1.54, 1.807) is 0 Å². The van der Waals surface area contributed by atoms with E-state index in [1.807, 2.05) is 18.2 Å². The number of hydrogen-bond donors (Lipinski definition) is 1. The van der Waals surface area contributed by atoms with Crippen molar-refractivity contribution in [1.82, 2.24) is 5.32 Å². The van der Waals surface area contributed by atoms with Gasteiger partial charge in [-0.2, -0.15) is 0 Å². The molecule has 1 atom stereocenters. The molecule has 1 aromatic rings. The third kappa shape index (κ3) is 4.69. The molecule has 0 bridgehead atoms. The van der Waals surface area contributed by atoms with E-state index in [-0.39, 0.29) is 0 Å². The molecule has 1 aromatic carbocycles. The molecule has 1 heteroatoms. The largest absolute Gasteiger partial charge is 0.316 e. The van der Waals surface area contributed by atoms with E-state index >= 15 is 0 Å². The van der Waals surface area contributed by atoms with Crippen molar-refractivity contribution < 1.29 is 0 Å². The van der Waals surface area contributed by atoms with Crippen LogP contribution in [0.25, 0.3) is 0 Å². The average molecular weight is 177 g/mol. The highest BCUT2D eigenvalue weighted by atomic mass is 14.9. The first kappa shape index (κ1) is 10.3. The maximum atomic E-state index is 3.27. The van der Waals surface area contributed by atoms with E-state index in [0.717, 1.165) is 5.92 Å². The molecule has 1 aliphatic heterocycles. The molecule has 1 nitrogen and oxygen atoms in total. The summed E-state index contributed by atoms with van der Waals surface area (Å²) in [5.41, 5.74) is 1.32. The first-order valence-electron chi connectivity index (χ1n) is 5.01. The van der Waals surface area contributed by atoms with Gasteiger partial charge in [-0.25, -0.2) is 0 Å². The summed E-state index contributed by atoms with van der Waals surface area (Å²) in [5, 5.41) is 3.27. The van der Waals surface area contributed by atoms with Gasteiger partial charge in [-0.3, -0.25) is 0 Å². The quantitative estimate of drug-likeness (QED) is 0.642. The Morgan fingerprint density at radius 1 is 1.23 bits per heavy atom. The van der Waals surface area contributed by atoms with Gasteiger partial charge in [0.2, 0.25) is 0 Å². The van der Waals surface area contributed by atoms with E-state index in [4.69, 9.17) is 0 Å². The van der Waals surface area contributed by atoms with Crippen LogP contribution in [0.15, 0.2) is 30.3 Å². The van der Waals surface area contributed by atoms with Gasteiger partial charge in [-0.1, -0.05) is 42.8 Å². The lowest BCUT2D eigenvalue weighted by molar-refractivity contribution is 0.651. The molecule has 0 aromatic heterocycles. The van der Waals surface area contributed by atoms with Crippen molar-refractivity contribution in [1.29, 1.82) is 0 Å². The molecular weight excluding hydrogens is 158 g/mol. The highest BCUT2D eigenvalue weighted by Crippen LogP contribution is 2.03. The van der Waals surface area contributed by atoms with E-state index in [2.05, 4.69) is 31.3 Å².